The van der Waals surface area contributed by atoms with Crippen molar-refractivity contribution in [3.05, 3.63) is 30.1 Å². The number of carboxylic acid groups (broad SMARTS) is 1. The molecule has 0 spiro atoms. The van der Waals surface area contributed by atoms with Gasteiger partial charge in [0.1, 0.15) is 6.04 Å². The summed E-state index contributed by atoms with van der Waals surface area (Å²) in [6, 6.07) is 2.30. The van der Waals surface area contributed by atoms with Gasteiger partial charge in [0.15, 0.2) is 0 Å². The maximum atomic E-state index is 11.7. The van der Waals surface area contributed by atoms with Gasteiger partial charge >= 0.3 is 11.9 Å². The summed E-state index contributed by atoms with van der Waals surface area (Å²) in [5, 5.41) is 11.4. The molecule has 7 heteroatoms. The van der Waals surface area contributed by atoms with Crippen molar-refractivity contribution in [1.29, 1.82) is 0 Å². The summed E-state index contributed by atoms with van der Waals surface area (Å²) < 4.78 is 4.43. The highest BCUT2D eigenvalue weighted by Gasteiger charge is 2.21. The van der Waals surface area contributed by atoms with Crippen molar-refractivity contribution >= 4 is 17.8 Å². The first-order valence-electron chi connectivity index (χ1n) is 6.01. The number of carboxylic acids is 1. The van der Waals surface area contributed by atoms with E-state index < -0.39 is 23.9 Å². The number of amides is 1. The van der Waals surface area contributed by atoms with Crippen LogP contribution >= 0.6 is 0 Å². The summed E-state index contributed by atoms with van der Waals surface area (Å²) in [5.41, 5.74) is 0.683. The van der Waals surface area contributed by atoms with E-state index in [0.29, 0.717) is 5.56 Å². The highest BCUT2D eigenvalue weighted by molar-refractivity contribution is 5.85. The van der Waals surface area contributed by atoms with Crippen LogP contribution in [0.25, 0.3) is 0 Å². The van der Waals surface area contributed by atoms with Crippen LogP contribution in [-0.2, 0) is 25.5 Å². The molecule has 1 atom stereocenters. The first-order valence-corrected chi connectivity index (χ1v) is 6.01. The standard InChI is InChI=1S/C13H16N2O5/c1-20-12(17)5-4-10(13(18)19)15-11(16)7-9-3-2-6-14-8-9/h2-3,6,8,10H,4-5,7H2,1H3,(H,15,16)(H,18,19)/t10-/m1/s1. The normalized spacial score (nSPS) is 11.4. The number of carbonyl (C=O) groups excluding carboxylic acids is 2. The number of carbonyl (C=O) groups is 3. The minimum atomic E-state index is -1.19. The van der Waals surface area contributed by atoms with E-state index in [1.165, 1.54) is 13.3 Å². The fraction of sp³-hybridized carbons (Fsp3) is 0.385. The van der Waals surface area contributed by atoms with Gasteiger partial charge in [0.05, 0.1) is 13.5 Å². The molecule has 0 unspecified atom stereocenters. The van der Waals surface area contributed by atoms with Gasteiger partial charge in [-0.15, -0.1) is 0 Å². The molecule has 2 N–H and O–H groups in total. The second kappa shape index (κ2) is 7.88. The summed E-state index contributed by atoms with van der Waals surface area (Å²) in [6.07, 6.45) is 3.07. The largest absolute Gasteiger partial charge is 0.480 e. The summed E-state index contributed by atoms with van der Waals surface area (Å²) in [4.78, 5) is 37.6. The van der Waals surface area contributed by atoms with Crippen LogP contribution in [0, 0.1) is 0 Å². The number of aliphatic carboxylic acids is 1. The summed E-state index contributed by atoms with van der Waals surface area (Å²) in [7, 11) is 1.22. The van der Waals surface area contributed by atoms with Gasteiger partial charge in [0.2, 0.25) is 5.91 Å². The third kappa shape index (κ3) is 5.47. The Kier molecular flexibility index (Phi) is 6.15. The minimum absolute atomic E-state index is 0.0131. The van der Waals surface area contributed by atoms with Crippen molar-refractivity contribution in [3.8, 4) is 0 Å². The Labute approximate surface area is 116 Å². The lowest BCUT2D eigenvalue weighted by molar-refractivity contribution is -0.144. The van der Waals surface area contributed by atoms with Gasteiger partial charge in [0, 0.05) is 18.8 Å². The Morgan fingerprint density at radius 1 is 1.45 bits per heavy atom. The van der Waals surface area contributed by atoms with Gasteiger partial charge < -0.3 is 15.2 Å². The molecule has 0 radical (unpaired) electrons. The summed E-state index contributed by atoms with van der Waals surface area (Å²) in [5.74, 6) is -2.14. The lowest BCUT2D eigenvalue weighted by atomic mass is 10.1. The first-order chi connectivity index (χ1) is 9.52. The number of nitrogens with one attached hydrogen (secondary N) is 1. The lowest BCUT2D eigenvalue weighted by Crippen LogP contribution is -2.41. The predicted octanol–water partition coefficient (Wildman–Crippen LogP) is 0.147. The highest BCUT2D eigenvalue weighted by atomic mass is 16.5. The van der Waals surface area contributed by atoms with Crippen LogP contribution in [0.4, 0.5) is 0 Å². The Morgan fingerprint density at radius 3 is 2.75 bits per heavy atom. The molecule has 0 aliphatic rings. The molecule has 108 valence electrons. The van der Waals surface area contributed by atoms with Gasteiger partial charge in [-0.3, -0.25) is 14.6 Å². The molecule has 1 amide bonds. The monoisotopic (exact) mass is 280 g/mol. The molecule has 1 heterocycles. The maximum absolute atomic E-state index is 11.7. The van der Waals surface area contributed by atoms with E-state index in [9.17, 15) is 14.4 Å². The van der Waals surface area contributed by atoms with E-state index in [1.54, 1.807) is 18.3 Å². The topological polar surface area (TPSA) is 106 Å². The van der Waals surface area contributed by atoms with Crippen LogP contribution in [0.5, 0.6) is 0 Å². The number of esters is 1. The third-order valence-electron chi connectivity index (χ3n) is 2.59. The van der Waals surface area contributed by atoms with Crippen LogP contribution in [0.1, 0.15) is 18.4 Å². The van der Waals surface area contributed by atoms with Crippen LogP contribution < -0.4 is 5.32 Å². The lowest BCUT2D eigenvalue weighted by Gasteiger charge is -2.13. The van der Waals surface area contributed by atoms with Gasteiger partial charge in [-0.05, 0) is 18.1 Å². The van der Waals surface area contributed by atoms with Crippen molar-refractivity contribution in [3.63, 3.8) is 0 Å². The van der Waals surface area contributed by atoms with E-state index in [2.05, 4.69) is 15.0 Å². The molecule has 20 heavy (non-hydrogen) atoms. The molecule has 0 aromatic carbocycles. The van der Waals surface area contributed by atoms with Crippen molar-refractivity contribution in [2.45, 2.75) is 25.3 Å². The number of hydrogen-bond acceptors (Lipinski definition) is 5. The SMILES string of the molecule is COC(=O)CC[C@@H](NC(=O)Cc1cccnc1)C(=O)O. The fourth-order valence-electron chi connectivity index (χ4n) is 1.56. The minimum Gasteiger partial charge on any atom is -0.480 e. The van der Waals surface area contributed by atoms with Gasteiger partial charge in [-0.25, -0.2) is 4.79 Å². The van der Waals surface area contributed by atoms with Crippen molar-refractivity contribution in [2.75, 3.05) is 7.11 Å². The third-order valence-corrected chi connectivity index (χ3v) is 2.59. The van der Waals surface area contributed by atoms with Gasteiger partial charge in [0.25, 0.3) is 0 Å². The first kappa shape index (κ1) is 15.6. The van der Waals surface area contributed by atoms with E-state index in [4.69, 9.17) is 5.11 Å². The summed E-state index contributed by atoms with van der Waals surface area (Å²) >= 11 is 0. The number of hydrogen-bond donors (Lipinski definition) is 2. The van der Waals surface area contributed by atoms with Gasteiger partial charge in [-0.1, -0.05) is 6.07 Å². The number of nitrogens with zero attached hydrogens (tertiary/aromatic N) is 1. The molecule has 1 aromatic rings. The van der Waals surface area contributed by atoms with Crippen molar-refractivity contribution < 1.29 is 24.2 Å². The van der Waals surface area contributed by atoms with Gasteiger partial charge in [-0.2, -0.15) is 0 Å². The second-order valence-electron chi connectivity index (χ2n) is 4.11. The van der Waals surface area contributed by atoms with Crippen LogP contribution in [0.15, 0.2) is 24.5 Å². The molecule has 0 saturated carbocycles. The van der Waals surface area contributed by atoms with Crippen LogP contribution in [0.2, 0.25) is 0 Å². The number of rotatable bonds is 7. The fourth-order valence-corrected chi connectivity index (χ4v) is 1.56. The van der Waals surface area contributed by atoms with E-state index in [-0.39, 0.29) is 19.3 Å². The molecule has 0 aliphatic carbocycles. The molecule has 7 nitrogen and oxygen atoms in total. The number of aromatic nitrogens is 1. The molecule has 0 saturated heterocycles. The van der Waals surface area contributed by atoms with E-state index in [0.717, 1.165) is 0 Å². The maximum Gasteiger partial charge on any atom is 0.326 e. The predicted molar refractivity (Wildman–Crippen MR) is 68.8 cm³/mol. The average Bonchev–Trinajstić information content (AvgIpc) is 2.43. The second-order valence-corrected chi connectivity index (χ2v) is 4.11. The zero-order valence-corrected chi connectivity index (χ0v) is 11.0. The molecular formula is C13H16N2O5. The van der Waals surface area contributed by atoms with Crippen molar-refractivity contribution in [1.82, 2.24) is 10.3 Å². The molecule has 0 bridgehead atoms. The quantitative estimate of drug-likeness (QED) is 0.688. The molecule has 0 fully saturated rings. The van der Waals surface area contributed by atoms with Crippen LogP contribution in [-0.4, -0.2) is 41.1 Å². The molecular weight excluding hydrogens is 264 g/mol. The molecule has 0 aliphatic heterocycles. The average molecular weight is 280 g/mol. The Bertz CT molecular complexity index is 475. The Hall–Kier alpha value is -2.44. The van der Waals surface area contributed by atoms with Crippen LogP contribution in [0.3, 0.4) is 0 Å². The van der Waals surface area contributed by atoms with Crippen molar-refractivity contribution in [2.24, 2.45) is 0 Å². The molecule has 1 aromatic heterocycles. The Morgan fingerprint density at radius 2 is 2.20 bits per heavy atom. The number of methoxy groups -OCH3 is 1. The number of ether oxygens (including phenoxy) is 1. The van der Waals surface area contributed by atoms with E-state index in [1.807, 2.05) is 0 Å². The summed E-state index contributed by atoms with van der Waals surface area (Å²) in [6.45, 7) is 0. The zero-order chi connectivity index (χ0) is 15.0. The number of pyridine rings is 1. The van der Waals surface area contributed by atoms with E-state index >= 15 is 0 Å². The Balaban J connectivity index is 2.50. The highest BCUT2D eigenvalue weighted by Crippen LogP contribution is 2.02. The smallest absolute Gasteiger partial charge is 0.326 e. The molecule has 1 rings (SSSR count). The zero-order valence-electron chi connectivity index (χ0n) is 11.0.